The van der Waals surface area contributed by atoms with Crippen LogP contribution in [-0.4, -0.2) is 38.2 Å². The third-order valence-electron chi connectivity index (χ3n) is 6.09. The molecule has 0 unspecified atom stereocenters. The van der Waals surface area contributed by atoms with Gasteiger partial charge in [0.2, 0.25) is 10.0 Å². The van der Waals surface area contributed by atoms with Crippen LogP contribution in [0.1, 0.15) is 19.8 Å². The van der Waals surface area contributed by atoms with E-state index in [1.54, 1.807) is 12.1 Å². The van der Waals surface area contributed by atoms with Gasteiger partial charge >= 0.3 is 6.18 Å². The third-order valence-corrected chi connectivity index (χ3v) is 7.88. The molecule has 1 heterocycles. The molecule has 5 nitrogen and oxygen atoms in total. The van der Waals surface area contributed by atoms with Crippen molar-refractivity contribution in [2.45, 2.75) is 25.9 Å². The molecule has 10 heteroatoms. The van der Waals surface area contributed by atoms with Gasteiger partial charge in [-0.1, -0.05) is 12.5 Å². The molecular formula is C21H23F4N3O2S. The standard InChI is InChI=1S/C21H23F4N3O2S/c1-13-18-10-26-28(17-7-5-16(22)6-8-17)19(18)9-14-3-4-15(20(13)14)11-27(2)31(29,30)12-21(23,24)25/h5-10,13,15,26H,3-4,11-12H2,1-2H3/t13-,15+/m0/s1. The summed E-state index contributed by atoms with van der Waals surface area (Å²) in [7, 11) is -3.21. The van der Waals surface area contributed by atoms with E-state index in [9.17, 15) is 26.0 Å². The quantitative estimate of drug-likeness (QED) is 0.677. The van der Waals surface area contributed by atoms with Crippen LogP contribution in [0.4, 0.5) is 23.2 Å². The zero-order chi connectivity index (χ0) is 22.6. The Morgan fingerprint density at radius 2 is 1.90 bits per heavy atom. The van der Waals surface area contributed by atoms with Gasteiger partial charge in [0.05, 0.1) is 11.4 Å². The van der Waals surface area contributed by atoms with E-state index in [0.717, 1.165) is 38.8 Å². The summed E-state index contributed by atoms with van der Waals surface area (Å²) < 4.78 is 76.2. The van der Waals surface area contributed by atoms with Gasteiger partial charge < -0.3 is 5.43 Å². The number of alkyl halides is 3. The monoisotopic (exact) mass is 457 g/mol. The lowest BCUT2D eigenvalue weighted by Crippen LogP contribution is -2.38. The molecule has 0 fully saturated rings. The van der Waals surface area contributed by atoms with Crippen molar-refractivity contribution in [2.75, 3.05) is 24.4 Å². The number of nitrogens with zero attached hydrogens (tertiary/aromatic N) is 2. The summed E-state index contributed by atoms with van der Waals surface area (Å²) in [6.45, 7) is 2.04. The number of hydrogen-bond acceptors (Lipinski definition) is 4. The number of hydrogen-bond donors (Lipinski definition) is 1. The molecule has 0 spiro atoms. The van der Waals surface area contributed by atoms with Crippen molar-refractivity contribution in [3.8, 4) is 0 Å². The zero-order valence-electron chi connectivity index (χ0n) is 17.1. The summed E-state index contributed by atoms with van der Waals surface area (Å²) in [5, 5.41) is 1.86. The van der Waals surface area contributed by atoms with Gasteiger partial charge in [-0.15, -0.1) is 0 Å². The summed E-state index contributed by atoms with van der Waals surface area (Å²) >= 11 is 0. The Kier molecular flexibility index (Phi) is 5.41. The van der Waals surface area contributed by atoms with Crippen molar-refractivity contribution >= 4 is 15.7 Å². The Labute approximate surface area is 178 Å². The maximum atomic E-state index is 13.3. The molecule has 0 radical (unpaired) electrons. The van der Waals surface area contributed by atoms with Crippen LogP contribution in [0.15, 0.2) is 59.0 Å². The summed E-state index contributed by atoms with van der Waals surface area (Å²) in [6.07, 6.45) is 0.540. The minimum Gasteiger partial charge on any atom is -0.301 e. The van der Waals surface area contributed by atoms with Crippen LogP contribution in [0.3, 0.4) is 0 Å². The van der Waals surface area contributed by atoms with Crippen molar-refractivity contribution in [2.24, 2.45) is 11.8 Å². The van der Waals surface area contributed by atoms with Gasteiger partial charge in [-0.25, -0.2) is 17.1 Å². The zero-order valence-corrected chi connectivity index (χ0v) is 17.9. The molecule has 0 aromatic heterocycles. The van der Waals surface area contributed by atoms with Crippen molar-refractivity contribution in [3.05, 3.63) is 64.8 Å². The second-order valence-corrected chi connectivity index (χ2v) is 10.2. The predicted octanol–water partition coefficient (Wildman–Crippen LogP) is 4.10. The van der Waals surface area contributed by atoms with Crippen LogP contribution in [0.2, 0.25) is 0 Å². The first-order valence-electron chi connectivity index (χ1n) is 9.94. The summed E-state index contributed by atoms with van der Waals surface area (Å²) in [6, 6.07) is 6.11. The number of anilines is 1. The molecule has 2 aliphatic carbocycles. The van der Waals surface area contributed by atoms with E-state index in [1.807, 2.05) is 24.2 Å². The van der Waals surface area contributed by atoms with Crippen LogP contribution in [0.25, 0.3) is 0 Å². The Balaban J connectivity index is 1.57. The molecule has 0 saturated heterocycles. The first-order chi connectivity index (χ1) is 14.5. The third kappa shape index (κ3) is 4.23. The summed E-state index contributed by atoms with van der Waals surface area (Å²) in [5.41, 5.74) is 8.07. The van der Waals surface area contributed by atoms with Crippen LogP contribution in [-0.2, 0) is 10.0 Å². The lowest BCUT2D eigenvalue weighted by atomic mass is 9.80. The molecule has 1 aliphatic heterocycles. The molecule has 1 aromatic rings. The fraction of sp³-hybridized carbons (Fsp3) is 0.429. The summed E-state index contributed by atoms with van der Waals surface area (Å²) in [4.78, 5) is 0. The van der Waals surface area contributed by atoms with E-state index in [1.165, 1.54) is 19.2 Å². The van der Waals surface area contributed by atoms with E-state index in [-0.39, 0.29) is 24.2 Å². The number of nitrogens with one attached hydrogen (secondary N) is 1. The van der Waals surface area contributed by atoms with Gasteiger partial charge in [-0.2, -0.15) is 13.2 Å². The second-order valence-electron chi connectivity index (χ2n) is 8.16. The fourth-order valence-electron chi connectivity index (χ4n) is 4.65. The lowest BCUT2D eigenvalue weighted by Gasteiger charge is -2.31. The van der Waals surface area contributed by atoms with Gasteiger partial charge in [0.25, 0.3) is 0 Å². The van der Waals surface area contributed by atoms with E-state index < -0.39 is 22.0 Å². The number of hydrazine groups is 1. The Bertz CT molecular complexity index is 1070. The van der Waals surface area contributed by atoms with E-state index in [0.29, 0.717) is 6.42 Å². The topological polar surface area (TPSA) is 52.6 Å². The van der Waals surface area contributed by atoms with Gasteiger partial charge in [-0.3, -0.25) is 5.01 Å². The van der Waals surface area contributed by atoms with E-state index >= 15 is 0 Å². The Hall–Kier alpha value is -2.33. The first kappa shape index (κ1) is 21.9. The van der Waals surface area contributed by atoms with Crippen molar-refractivity contribution in [3.63, 3.8) is 0 Å². The molecule has 2 atom stereocenters. The van der Waals surface area contributed by atoms with Gasteiger partial charge in [0, 0.05) is 31.3 Å². The Morgan fingerprint density at radius 3 is 2.55 bits per heavy atom. The summed E-state index contributed by atoms with van der Waals surface area (Å²) in [5.74, 6) is -2.33. The van der Waals surface area contributed by atoms with Gasteiger partial charge in [0.15, 0.2) is 5.75 Å². The molecule has 0 saturated carbocycles. The smallest absolute Gasteiger partial charge is 0.301 e. The molecule has 1 aromatic carbocycles. The lowest BCUT2D eigenvalue weighted by molar-refractivity contribution is -0.107. The average molecular weight is 457 g/mol. The minimum absolute atomic E-state index is 0.0147. The molecule has 0 amide bonds. The minimum atomic E-state index is -4.77. The highest BCUT2D eigenvalue weighted by molar-refractivity contribution is 7.89. The predicted molar refractivity (Wildman–Crippen MR) is 110 cm³/mol. The SMILES string of the molecule is C[C@H]1C2=CNN(c3ccc(F)cc3)C2=CC2=C1[C@@H](CN(C)S(=O)(=O)CC(F)(F)F)CC2. The largest absolute Gasteiger partial charge is 0.404 e. The van der Waals surface area contributed by atoms with Crippen LogP contribution >= 0.6 is 0 Å². The van der Waals surface area contributed by atoms with Gasteiger partial charge in [0.1, 0.15) is 5.82 Å². The number of benzene rings is 1. The molecule has 168 valence electrons. The highest BCUT2D eigenvalue weighted by Crippen LogP contribution is 2.48. The number of allylic oxidation sites excluding steroid dienone is 3. The van der Waals surface area contributed by atoms with E-state index in [2.05, 4.69) is 5.43 Å². The second kappa shape index (κ2) is 7.67. The maximum absolute atomic E-state index is 13.3. The van der Waals surface area contributed by atoms with Crippen molar-refractivity contribution in [1.82, 2.24) is 9.73 Å². The highest BCUT2D eigenvalue weighted by Gasteiger charge is 2.41. The Morgan fingerprint density at radius 1 is 1.23 bits per heavy atom. The molecule has 1 N–H and O–H groups in total. The van der Waals surface area contributed by atoms with Crippen molar-refractivity contribution < 1.29 is 26.0 Å². The molecule has 31 heavy (non-hydrogen) atoms. The highest BCUT2D eigenvalue weighted by atomic mass is 32.2. The number of rotatable bonds is 5. The van der Waals surface area contributed by atoms with Gasteiger partial charge in [-0.05, 0) is 54.7 Å². The number of sulfonamides is 1. The fourth-order valence-corrected chi connectivity index (χ4v) is 5.69. The molecule has 0 bridgehead atoms. The maximum Gasteiger partial charge on any atom is 0.404 e. The van der Waals surface area contributed by atoms with E-state index in [4.69, 9.17) is 0 Å². The average Bonchev–Trinajstić information content (AvgIpc) is 3.26. The normalized spacial score (nSPS) is 23.5. The number of fused-ring (bicyclic) bond motifs is 1. The number of halogens is 4. The first-order valence-corrected chi connectivity index (χ1v) is 11.5. The van der Waals surface area contributed by atoms with Crippen molar-refractivity contribution in [1.29, 1.82) is 0 Å². The van der Waals surface area contributed by atoms with Crippen LogP contribution < -0.4 is 10.4 Å². The molecule has 4 rings (SSSR count). The van der Waals surface area contributed by atoms with Crippen LogP contribution in [0, 0.1) is 17.7 Å². The molecular weight excluding hydrogens is 434 g/mol. The molecule has 3 aliphatic rings. The van der Waals surface area contributed by atoms with Crippen LogP contribution in [0.5, 0.6) is 0 Å².